The zero-order valence-corrected chi connectivity index (χ0v) is 10.4. The van der Waals surface area contributed by atoms with Crippen LogP contribution < -0.4 is 11.1 Å². The molecule has 3 N–H and O–H groups in total. The van der Waals surface area contributed by atoms with Crippen molar-refractivity contribution in [3.63, 3.8) is 0 Å². The third kappa shape index (κ3) is 2.26. The normalized spacial score (nSPS) is 11.1. The number of amides is 1. The van der Waals surface area contributed by atoms with Gasteiger partial charge in [-0.15, -0.1) is 11.3 Å². The second-order valence-electron chi connectivity index (χ2n) is 3.75. The Hall–Kier alpha value is -1.76. The Bertz CT molecular complexity index is 597. The van der Waals surface area contributed by atoms with Crippen LogP contribution in [0.5, 0.6) is 0 Å². The molecule has 0 aliphatic rings. The van der Waals surface area contributed by atoms with Crippen molar-refractivity contribution in [2.75, 3.05) is 12.3 Å². The van der Waals surface area contributed by atoms with E-state index in [1.165, 1.54) is 0 Å². The molecule has 0 saturated heterocycles. The molecule has 0 unspecified atom stereocenters. The van der Waals surface area contributed by atoms with Crippen molar-refractivity contribution in [3.05, 3.63) is 22.7 Å². The lowest BCUT2D eigenvalue weighted by atomic mass is 10.2. The average Bonchev–Trinajstić information content (AvgIpc) is 2.65. The minimum absolute atomic E-state index is 0.229. The Morgan fingerprint density at radius 3 is 2.94 bits per heavy atom. The topological polar surface area (TPSA) is 68.0 Å². The van der Waals surface area contributed by atoms with Crippen LogP contribution in [0.1, 0.15) is 15.2 Å². The number of anilines is 1. The predicted molar refractivity (Wildman–Crippen MR) is 67.1 cm³/mol. The summed E-state index contributed by atoms with van der Waals surface area (Å²) in [7, 11) is 0. The van der Waals surface area contributed by atoms with Gasteiger partial charge in [0.2, 0.25) is 0 Å². The molecule has 1 amide bonds. The van der Waals surface area contributed by atoms with E-state index in [0.29, 0.717) is 15.9 Å². The number of hydrogen-bond acceptors (Lipinski definition) is 4. The number of halogens is 2. The highest BCUT2D eigenvalue weighted by atomic mass is 32.1. The Balaban J connectivity index is 2.37. The van der Waals surface area contributed by atoms with Crippen LogP contribution in [0.4, 0.5) is 14.5 Å². The van der Waals surface area contributed by atoms with E-state index in [9.17, 15) is 13.6 Å². The number of fused-ring (bicyclic) bond motifs is 1. The molecule has 0 fully saturated rings. The molecular weight excluding hydrogens is 260 g/mol. The van der Waals surface area contributed by atoms with Gasteiger partial charge >= 0.3 is 0 Å². The van der Waals surface area contributed by atoms with Crippen LogP contribution in [-0.4, -0.2) is 23.9 Å². The summed E-state index contributed by atoms with van der Waals surface area (Å²) >= 11 is 1.10. The van der Waals surface area contributed by atoms with Gasteiger partial charge in [0.1, 0.15) is 9.71 Å². The number of carbonyl (C=O) groups is 1. The SMILES string of the molecule is Cc1ccnc2sc(C(=O)NCC(F)F)c(N)c12. The van der Waals surface area contributed by atoms with E-state index < -0.39 is 18.9 Å². The highest BCUT2D eigenvalue weighted by Crippen LogP contribution is 2.34. The first kappa shape index (κ1) is 12.7. The van der Waals surface area contributed by atoms with Gasteiger partial charge in [0.25, 0.3) is 12.3 Å². The van der Waals surface area contributed by atoms with Crippen LogP contribution in [0, 0.1) is 6.92 Å². The number of aryl methyl sites for hydroxylation is 1. The summed E-state index contributed by atoms with van der Waals surface area (Å²) in [5.74, 6) is -0.588. The smallest absolute Gasteiger partial charge is 0.263 e. The maximum Gasteiger partial charge on any atom is 0.263 e. The molecule has 18 heavy (non-hydrogen) atoms. The molecule has 2 aromatic rings. The number of rotatable bonds is 3. The molecule has 7 heteroatoms. The zero-order chi connectivity index (χ0) is 13.3. The Morgan fingerprint density at radius 2 is 2.33 bits per heavy atom. The fraction of sp³-hybridized carbons (Fsp3) is 0.273. The number of aromatic nitrogens is 1. The zero-order valence-electron chi connectivity index (χ0n) is 9.54. The third-order valence-corrected chi connectivity index (χ3v) is 3.57. The van der Waals surface area contributed by atoms with Crippen molar-refractivity contribution in [1.29, 1.82) is 0 Å². The van der Waals surface area contributed by atoms with E-state index in [2.05, 4.69) is 10.3 Å². The molecule has 0 aliphatic heterocycles. The first-order valence-corrected chi connectivity index (χ1v) is 6.02. The van der Waals surface area contributed by atoms with E-state index in [4.69, 9.17) is 5.73 Å². The first-order valence-electron chi connectivity index (χ1n) is 5.20. The number of nitrogens with one attached hydrogen (secondary N) is 1. The van der Waals surface area contributed by atoms with Gasteiger partial charge in [0.05, 0.1) is 12.2 Å². The van der Waals surface area contributed by atoms with E-state index in [1.807, 2.05) is 6.92 Å². The molecular formula is C11H11F2N3OS. The second kappa shape index (κ2) is 4.85. The van der Waals surface area contributed by atoms with Gasteiger partial charge in [-0.2, -0.15) is 0 Å². The Morgan fingerprint density at radius 1 is 1.61 bits per heavy atom. The van der Waals surface area contributed by atoms with Gasteiger partial charge < -0.3 is 11.1 Å². The lowest BCUT2D eigenvalue weighted by Crippen LogP contribution is -2.28. The molecule has 0 aliphatic carbocycles. The fourth-order valence-corrected chi connectivity index (χ4v) is 2.68. The van der Waals surface area contributed by atoms with Crippen molar-refractivity contribution in [2.24, 2.45) is 0 Å². The molecule has 2 rings (SSSR count). The van der Waals surface area contributed by atoms with Crippen LogP contribution in [0.2, 0.25) is 0 Å². The lowest BCUT2D eigenvalue weighted by molar-refractivity contribution is 0.0896. The monoisotopic (exact) mass is 271 g/mol. The van der Waals surface area contributed by atoms with E-state index >= 15 is 0 Å². The second-order valence-corrected chi connectivity index (χ2v) is 4.75. The summed E-state index contributed by atoms with van der Waals surface area (Å²) in [4.78, 5) is 16.7. The van der Waals surface area contributed by atoms with Crippen LogP contribution in [0.25, 0.3) is 10.2 Å². The minimum Gasteiger partial charge on any atom is -0.397 e. The van der Waals surface area contributed by atoms with Crippen molar-refractivity contribution in [3.8, 4) is 0 Å². The number of pyridine rings is 1. The molecule has 4 nitrogen and oxygen atoms in total. The average molecular weight is 271 g/mol. The van der Waals surface area contributed by atoms with Crippen LogP contribution >= 0.6 is 11.3 Å². The number of hydrogen-bond donors (Lipinski definition) is 2. The van der Waals surface area contributed by atoms with E-state index in [1.54, 1.807) is 12.3 Å². The summed E-state index contributed by atoms with van der Waals surface area (Å²) < 4.78 is 24.1. The molecule has 2 heterocycles. The predicted octanol–water partition coefficient (Wildman–Crippen LogP) is 2.18. The molecule has 96 valence electrons. The van der Waals surface area contributed by atoms with Crippen LogP contribution in [0.15, 0.2) is 12.3 Å². The standard InChI is InChI=1S/C11H11F2N3OS/c1-5-2-3-15-11-7(5)8(14)9(18-11)10(17)16-4-6(12)13/h2-3,6H,4,14H2,1H3,(H,16,17). The van der Waals surface area contributed by atoms with Gasteiger partial charge in [0, 0.05) is 11.6 Å². The van der Waals surface area contributed by atoms with Crippen molar-refractivity contribution >= 4 is 33.1 Å². The Kier molecular flexibility index (Phi) is 3.42. The summed E-state index contributed by atoms with van der Waals surface area (Å²) in [5, 5.41) is 2.85. The van der Waals surface area contributed by atoms with E-state index in [-0.39, 0.29) is 4.88 Å². The molecule has 0 radical (unpaired) electrons. The van der Waals surface area contributed by atoms with Gasteiger partial charge in [-0.05, 0) is 18.6 Å². The van der Waals surface area contributed by atoms with Crippen molar-refractivity contribution in [1.82, 2.24) is 10.3 Å². The number of thiophene rings is 1. The largest absolute Gasteiger partial charge is 0.397 e. The number of nitrogens with two attached hydrogens (primary N) is 1. The molecule has 0 bridgehead atoms. The molecule has 0 saturated carbocycles. The summed E-state index contributed by atoms with van der Waals surface area (Å²) in [6.07, 6.45) is -0.960. The highest BCUT2D eigenvalue weighted by Gasteiger charge is 2.18. The highest BCUT2D eigenvalue weighted by molar-refractivity contribution is 7.21. The van der Waals surface area contributed by atoms with E-state index in [0.717, 1.165) is 16.9 Å². The van der Waals surface area contributed by atoms with Crippen LogP contribution in [-0.2, 0) is 0 Å². The van der Waals surface area contributed by atoms with Gasteiger partial charge in [-0.25, -0.2) is 13.8 Å². The lowest BCUT2D eigenvalue weighted by Gasteiger charge is -2.03. The van der Waals surface area contributed by atoms with Crippen LogP contribution in [0.3, 0.4) is 0 Å². The number of nitrogens with zero attached hydrogens (tertiary/aromatic N) is 1. The minimum atomic E-state index is -2.58. The van der Waals surface area contributed by atoms with Crippen molar-refractivity contribution in [2.45, 2.75) is 13.3 Å². The molecule has 0 spiro atoms. The maximum atomic E-state index is 12.0. The molecule has 0 aromatic carbocycles. The molecule has 2 aromatic heterocycles. The first-order chi connectivity index (χ1) is 8.50. The maximum absolute atomic E-state index is 12.0. The fourth-order valence-electron chi connectivity index (χ4n) is 1.62. The number of alkyl halides is 2. The summed E-state index contributed by atoms with van der Waals surface area (Å²) in [6.45, 7) is 1.17. The Labute approximate surface area is 106 Å². The van der Waals surface area contributed by atoms with Gasteiger partial charge in [-0.1, -0.05) is 0 Å². The summed E-state index contributed by atoms with van der Waals surface area (Å²) in [6, 6.07) is 1.78. The van der Waals surface area contributed by atoms with Crippen molar-refractivity contribution < 1.29 is 13.6 Å². The number of carbonyl (C=O) groups excluding carboxylic acids is 1. The number of nitrogen functional groups attached to an aromatic ring is 1. The summed E-state index contributed by atoms with van der Waals surface area (Å²) in [5.41, 5.74) is 7.07. The quantitative estimate of drug-likeness (QED) is 0.899. The molecule has 0 atom stereocenters. The third-order valence-electron chi connectivity index (χ3n) is 2.46. The van der Waals surface area contributed by atoms with Gasteiger partial charge in [-0.3, -0.25) is 4.79 Å². The van der Waals surface area contributed by atoms with Gasteiger partial charge in [0.15, 0.2) is 0 Å².